The molecule has 366 valence electrons. The van der Waals surface area contributed by atoms with E-state index in [1.54, 1.807) is 60.3 Å². The second kappa shape index (κ2) is 21.2. The summed E-state index contributed by atoms with van der Waals surface area (Å²) in [4.78, 5) is 80.5. The minimum atomic E-state index is -0.582. The number of benzene rings is 6. The van der Waals surface area contributed by atoms with Gasteiger partial charge in [-0.1, -0.05) is 72.8 Å². The number of fused-ring (bicyclic) bond motifs is 2. The van der Waals surface area contributed by atoms with Crippen LogP contribution in [0.2, 0.25) is 0 Å². The van der Waals surface area contributed by atoms with Crippen molar-refractivity contribution in [3.05, 3.63) is 179 Å². The van der Waals surface area contributed by atoms with Crippen LogP contribution in [0.4, 0.5) is 28.4 Å². The number of likely N-dealkylation sites (N-methyl/N-ethyl adjacent to an activating group) is 2. The Morgan fingerprint density at radius 1 is 0.694 bits per heavy atom. The second-order valence-corrected chi connectivity index (χ2v) is 17.7. The summed E-state index contributed by atoms with van der Waals surface area (Å²) in [6.07, 6.45) is 0. The van der Waals surface area contributed by atoms with E-state index in [1.807, 2.05) is 109 Å². The highest BCUT2D eigenvalue weighted by atomic mass is 16.5. The summed E-state index contributed by atoms with van der Waals surface area (Å²) in [7, 11) is 6.13. The van der Waals surface area contributed by atoms with Crippen LogP contribution >= 0.6 is 0 Å². The highest BCUT2D eigenvalue weighted by molar-refractivity contribution is 6.22. The van der Waals surface area contributed by atoms with Crippen molar-refractivity contribution in [1.29, 1.82) is 0 Å². The Labute approximate surface area is 416 Å². The first-order valence-electron chi connectivity index (χ1n) is 23.5. The molecule has 1 aromatic heterocycles. The molecule has 2 atom stereocenters. The van der Waals surface area contributed by atoms with Gasteiger partial charge in [-0.2, -0.15) is 0 Å². The monoisotopic (exact) mass is 966 g/mol. The summed E-state index contributed by atoms with van der Waals surface area (Å²) in [5.74, 6) is -1.97. The molecule has 0 saturated carbocycles. The van der Waals surface area contributed by atoms with Gasteiger partial charge in [0.1, 0.15) is 0 Å². The largest absolute Gasteiger partial charge is 0.494 e. The van der Waals surface area contributed by atoms with Crippen molar-refractivity contribution in [3.8, 4) is 5.88 Å². The van der Waals surface area contributed by atoms with E-state index in [4.69, 9.17) is 14.5 Å². The molecule has 6 aromatic carbocycles. The second-order valence-electron chi connectivity index (χ2n) is 17.7. The van der Waals surface area contributed by atoms with Crippen LogP contribution in [0, 0.1) is 0 Å². The number of hydrogen-bond acceptors (Lipinski definition) is 12. The van der Waals surface area contributed by atoms with Crippen LogP contribution in [0.3, 0.4) is 0 Å². The molecule has 2 aliphatic heterocycles. The van der Waals surface area contributed by atoms with Crippen molar-refractivity contribution in [2.45, 2.75) is 12.0 Å². The van der Waals surface area contributed by atoms with Crippen LogP contribution in [-0.4, -0.2) is 123 Å². The van der Waals surface area contributed by atoms with Crippen molar-refractivity contribution in [1.82, 2.24) is 14.8 Å². The number of hydrogen-bond donors (Lipinski definition) is 4. The molecule has 7 aromatic rings. The molecule has 16 heteroatoms. The van der Waals surface area contributed by atoms with Crippen LogP contribution < -0.4 is 20.4 Å². The normalized spacial score (nSPS) is 15.3. The maximum Gasteiger partial charge on any atom is 0.337 e. The van der Waals surface area contributed by atoms with Crippen LogP contribution in [0.25, 0.3) is 10.9 Å². The Kier molecular flexibility index (Phi) is 14.2. The third kappa shape index (κ3) is 10.3. The lowest BCUT2D eigenvalue weighted by Gasteiger charge is -2.35. The number of piperazine rings is 1. The first-order valence-corrected chi connectivity index (χ1v) is 23.5. The molecule has 9 rings (SSSR count). The van der Waals surface area contributed by atoms with Crippen LogP contribution in [-0.2, 0) is 23.9 Å². The van der Waals surface area contributed by atoms with Gasteiger partial charge in [0.2, 0.25) is 17.7 Å². The number of carbonyl (C=O) groups is 5. The number of aromatic hydroxyl groups is 1. The van der Waals surface area contributed by atoms with Crippen LogP contribution in [0.15, 0.2) is 151 Å². The fourth-order valence-corrected chi connectivity index (χ4v) is 9.24. The molecule has 4 N–H and O–H groups in total. The lowest BCUT2D eigenvalue weighted by atomic mass is 9.87. The van der Waals surface area contributed by atoms with Gasteiger partial charge in [-0.25, -0.2) is 14.6 Å². The minimum absolute atomic E-state index is 0.0659. The van der Waals surface area contributed by atoms with Crippen molar-refractivity contribution >= 4 is 74.7 Å². The molecule has 2 aliphatic rings. The number of anilines is 4. The Hall–Kier alpha value is -8.60. The van der Waals surface area contributed by atoms with Crippen molar-refractivity contribution in [2.24, 2.45) is 4.99 Å². The third-order valence-corrected chi connectivity index (χ3v) is 13.3. The highest BCUT2D eigenvalue weighted by Gasteiger charge is 2.38. The number of rotatable bonds is 15. The number of methoxy groups -OCH3 is 2. The van der Waals surface area contributed by atoms with E-state index >= 15 is 0 Å². The summed E-state index contributed by atoms with van der Waals surface area (Å²) in [6.45, 7) is 2.92. The van der Waals surface area contributed by atoms with Crippen LogP contribution in [0.1, 0.15) is 54.9 Å². The van der Waals surface area contributed by atoms with E-state index in [9.17, 15) is 29.1 Å². The average molecular weight is 967 g/mol. The Morgan fingerprint density at radius 3 is 1.82 bits per heavy atom. The summed E-state index contributed by atoms with van der Waals surface area (Å²) in [5.41, 5.74) is 8.07. The van der Waals surface area contributed by atoms with Gasteiger partial charge in [-0.3, -0.25) is 24.2 Å². The fourth-order valence-electron chi connectivity index (χ4n) is 9.24. The average Bonchev–Trinajstić information content (AvgIpc) is 3.93. The predicted molar refractivity (Wildman–Crippen MR) is 278 cm³/mol. The van der Waals surface area contributed by atoms with E-state index in [0.717, 1.165) is 28.1 Å². The molecule has 0 bridgehead atoms. The first kappa shape index (κ1) is 48.4. The van der Waals surface area contributed by atoms with Crippen molar-refractivity contribution in [3.63, 3.8) is 0 Å². The quantitative estimate of drug-likeness (QED) is 0.0581. The highest BCUT2D eigenvalue weighted by Crippen LogP contribution is 2.43. The van der Waals surface area contributed by atoms with Gasteiger partial charge in [0, 0.05) is 79.5 Å². The molecule has 72 heavy (non-hydrogen) atoms. The predicted octanol–water partition coefficient (Wildman–Crippen LogP) is 7.75. The lowest BCUT2D eigenvalue weighted by Crippen LogP contribution is -2.51. The van der Waals surface area contributed by atoms with Gasteiger partial charge in [0.25, 0.3) is 0 Å². The maximum atomic E-state index is 13.6. The summed E-state index contributed by atoms with van der Waals surface area (Å²) in [5, 5.41) is 18.3. The van der Waals surface area contributed by atoms with Gasteiger partial charge in [0.05, 0.1) is 67.4 Å². The van der Waals surface area contributed by atoms with Gasteiger partial charge in [-0.15, -0.1) is 0 Å². The number of carbonyl (C=O) groups excluding carboxylic acids is 5. The van der Waals surface area contributed by atoms with E-state index in [0.29, 0.717) is 76.5 Å². The standard InChI is InChI=1S/C56H54N8O8/c1-61(41-21-17-39(18-22-41)57-51(35-11-7-5-8-12-35)49-43-25-15-37(55(69)71-3)31-45(43)59-53(49)67)47(65)33-63-27-29-64(30-28-63)34-48(66)62(2)42-23-19-40(20-24-42)58-52(36-13-9-6-10-14-36)50-44-26-16-38(56(70)72-4)32-46(44)60-54(50)68/h5-26,31-32,49,51,57,60,68H,27-30,33-34H2,1-4H3,(H,59,67). The van der Waals surface area contributed by atoms with Gasteiger partial charge in [0.15, 0.2) is 5.88 Å². The molecule has 0 spiro atoms. The summed E-state index contributed by atoms with van der Waals surface area (Å²) in [6, 6.07) is 43.8. The zero-order chi connectivity index (χ0) is 50.5. The SMILES string of the molecule is COC(=O)c1ccc2c(c1)NC(=O)C2C(Nc1ccc(N(C)C(=O)CN2CCN(CC(=O)N(C)c3ccc(N=C(c4ccccc4)c4c(O)[nH]c5cc(C(=O)OC)ccc45)cc3)CC2)cc1)c1ccccc1. The molecule has 3 amide bonds. The molecule has 0 aliphatic carbocycles. The minimum Gasteiger partial charge on any atom is -0.494 e. The molecule has 1 fully saturated rings. The van der Waals surface area contributed by atoms with Crippen molar-refractivity contribution < 1.29 is 38.6 Å². The molecule has 2 unspecified atom stereocenters. The van der Waals surface area contributed by atoms with Gasteiger partial charge < -0.3 is 40.0 Å². The van der Waals surface area contributed by atoms with E-state index in [2.05, 4.69) is 25.4 Å². The number of aromatic nitrogens is 1. The first-order chi connectivity index (χ1) is 34.9. The van der Waals surface area contributed by atoms with E-state index < -0.39 is 23.9 Å². The summed E-state index contributed by atoms with van der Waals surface area (Å²) >= 11 is 0. The lowest BCUT2D eigenvalue weighted by molar-refractivity contribution is -0.122. The smallest absolute Gasteiger partial charge is 0.337 e. The zero-order valence-corrected chi connectivity index (χ0v) is 40.3. The van der Waals surface area contributed by atoms with Crippen LogP contribution in [0.5, 0.6) is 5.88 Å². The number of esters is 2. The Balaban J connectivity index is 0.788. The molecular weight excluding hydrogens is 913 g/mol. The number of ether oxygens (including phenoxy) is 2. The third-order valence-electron chi connectivity index (χ3n) is 13.3. The number of aliphatic imine (C=N–C) groups is 1. The van der Waals surface area contributed by atoms with E-state index in [1.165, 1.54) is 14.2 Å². The number of nitrogens with zero attached hydrogens (tertiary/aromatic N) is 5. The zero-order valence-electron chi connectivity index (χ0n) is 40.3. The fraction of sp³-hybridized carbons (Fsp3) is 0.214. The Bertz CT molecular complexity index is 3170. The van der Waals surface area contributed by atoms with Gasteiger partial charge in [-0.05, 0) is 83.9 Å². The molecular formula is C56H54N8O8. The number of aromatic amines is 1. The number of amides is 3. The molecule has 16 nitrogen and oxygen atoms in total. The maximum absolute atomic E-state index is 13.6. The molecule has 1 saturated heterocycles. The van der Waals surface area contributed by atoms with E-state index in [-0.39, 0.29) is 36.7 Å². The molecule has 3 heterocycles. The Morgan fingerprint density at radius 2 is 1.24 bits per heavy atom. The number of nitrogens with one attached hydrogen (secondary N) is 3. The number of H-pyrrole nitrogens is 1. The van der Waals surface area contributed by atoms with Gasteiger partial charge >= 0.3 is 11.9 Å². The molecule has 0 radical (unpaired) electrons. The topological polar surface area (TPSA) is 189 Å². The summed E-state index contributed by atoms with van der Waals surface area (Å²) < 4.78 is 9.76. The van der Waals surface area contributed by atoms with Crippen molar-refractivity contribution in [2.75, 3.05) is 88.0 Å².